The second-order valence-corrected chi connectivity index (χ2v) is 5.30. The number of thiophene rings is 1. The Labute approximate surface area is 122 Å². The monoisotopic (exact) mass is 297 g/mol. The molecule has 2 rings (SSSR count). The van der Waals surface area contributed by atoms with Gasteiger partial charge in [0.25, 0.3) is 0 Å². The Morgan fingerprint density at radius 2 is 2.00 bits per heavy atom. The molecule has 2 aromatic rings. The molecule has 0 saturated carbocycles. The second kappa shape index (κ2) is 6.28. The third-order valence-electron chi connectivity index (χ3n) is 2.94. The van der Waals surface area contributed by atoms with Gasteiger partial charge in [0.05, 0.1) is 20.3 Å². The van der Waals surface area contributed by atoms with E-state index in [-0.39, 0.29) is 6.04 Å². The summed E-state index contributed by atoms with van der Waals surface area (Å²) in [4.78, 5) is 1.21. The average molecular weight is 298 g/mol. The molecule has 0 spiro atoms. The lowest BCUT2D eigenvalue weighted by Crippen LogP contribution is -2.17. The fourth-order valence-electron chi connectivity index (χ4n) is 2.05. The second-order valence-electron chi connectivity index (χ2n) is 3.94. The van der Waals surface area contributed by atoms with Gasteiger partial charge in [-0.2, -0.15) is 0 Å². The SMILES string of the molecule is CNC(c1cccs1)c1ccc(OC)c(Cl)c1OC. The number of nitrogens with one attached hydrogen (secondary N) is 1. The van der Waals surface area contributed by atoms with E-state index in [2.05, 4.69) is 16.8 Å². The maximum atomic E-state index is 6.30. The van der Waals surface area contributed by atoms with Gasteiger partial charge in [0.15, 0.2) is 0 Å². The zero-order valence-electron chi connectivity index (χ0n) is 11.1. The minimum absolute atomic E-state index is 0.0540. The molecule has 1 atom stereocenters. The highest BCUT2D eigenvalue weighted by Gasteiger charge is 2.21. The first-order chi connectivity index (χ1) is 9.22. The van der Waals surface area contributed by atoms with Gasteiger partial charge in [-0.05, 0) is 30.6 Å². The molecular weight excluding hydrogens is 282 g/mol. The van der Waals surface area contributed by atoms with Crippen LogP contribution in [-0.4, -0.2) is 21.3 Å². The van der Waals surface area contributed by atoms with Crippen LogP contribution in [0.15, 0.2) is 29.6 Å². The van der Waals surface area contributed by atoms with Crippen molar-refractivity contribution in [1.29, 1.82) is 0 Å². The number of hydrogen-bond acceptors (Lipinski definition) is 4. The molecular formula is C14H16ClNO2S. The third-order valence-corrected chi connectivity index (χ3v) is 4.24. The van der Waals surface area contributed by atoms with Gasteiger partial charge in [0.2, 0.25) is 0 Å². The van der Waals surface area contributed by atoms with E-state index in [9.17, 15) is 0 Å². The summed E-state index contributed by atoms with van der Waals surface area (Å²) in [5, 5.41) is 5.84. The summed E-state index contributed by atoms with van der Waals surface area (Å²) < 4.78 is 10.7. The summed E-state index contributed by atoms with van der Waals surface area (Å²) in [7, 11) is 5.13. The predicted molar refractivity (Wildman–Crippen MR) is 79.8 cm³/mol. The van der Waals surface area contributed by atoms with Crippen LogP contribution >= 0.6 is 22.9 Å². The maximum absolute atomic E-state index is 6.30. The van der Waals surface area contributed by atoms with Crippen molar-refractivity contribution < 1.29 is 9.47 Å². The van der Waals surface area contributed by atoms with Gasteiger partial charge in [-0.25, -0.2) is 0 Å². The van der Waals surface area contributed by atoms with E-state index in [1.54, 1.807) is 25.6 Å². The Balaban J connectivity index is 2.52. The molecule has 3 nitrogen and oxygen atoms in total. The van der Waals surface area contributed by atoms with E-state index in [1.165, 1.54) is 4.88 Å². The van der Waals surface area contributed by atoms with E-state index in [4.69, 9.17) is 21.1 Å². The zero-order chi connectivity index (χ0) is 13.8. The molecule has 0 bridgehead atoms. The molecule has 1 aromatic heterocycles. The highest BCUT2D eigenvalue weighted by Crippen LogP contribution is 2.41. The highest BCUT2D eigenvalue weighted by atomic mass is 35.5. The van der Waals surface area contributed by atoms with Crippen molar-refractivity contribution in [1.82, 2.24) is 5.32 Å². The van der Waals surface area contributed by atoms with Crippen LogP contribution in [0.25, 0.3) is 0 Å². The first-order valence-electron chi connectivity index (χ1n) is 5.84. The number of methoxy groups -OCH3 is 2. The average Bonchev–Trinajstić information content (AvgIpc) is 2.94. The molecule has 1 unspecified atom stereocenters. The molecule has 0 fully saturated rings. The van der Waals surface area contributed by atoms with Crippen molar-refractivity contribution >= 4 is 22.9 Å². The van der Waals surface area contributed by atoms with Gasteiger partial charge in [-0.3, -0.25) is 0 Å². The van der Waals surface area contributed by atoms with E-state index < -0.39 is 0 Å². The molecule has 1 aromatic carbocycles. The van der Waals surface area contributed by atoms with Crippen molar-refractivity contribution in [2.45, 2.75) is 6.04 Å². The number of halogens is 1. The van der Waals surface area contributed by atoms with Crippen molar-refractivity contribution in [3.05, 3.63) is 45.1 Å². The fourth-order valence-corrected chi connectivity index (χ4v) is 3.23. The summed E-state index contributed by atoms with van der Waals surface area (Å²) in [6.07, 6.45) is 0. The molecule has 5 heteroatoms. The van der Waals surface area contributed by atoms with Crippen LogP contribution in [0.4, 0.5) is 0 Å². The molecule has 0 aliphatic rings. The normalized spacial score (nSPS) is 12.2. The predicted octanol–water partition coefficient (Wildman–Crippen LogP) is 3.73. The van der Waals surface area contributed by atoms with Crippen LogP contribution < -0.4 is 14.8 Å². The maximum Gasteiger partial charge on any atom is 0.146 e. The lowest BCUT2D eigenvalue weighted by atomic mass is 10.0. The number of rotatable bonds is 5. The van der Waals surface area contributed by atoms with E-state index in [0.29, 0.717) is 16.5 Å². The summed E-state index contributed by atoms with van der Waals surface area (Å²) >= 11 is 8.00. The van der Waals surface area contributed by atoms with Gasteiger partial charge >= 0.3 is 0 Å². The van der Waals surface area contributed by atoms with E-state index >= 15 is 0 Å². The van der Waals surface area contributed by atoms with Crippen molar-refractivity contribution in [2.75, 3.05) is 21.3 Å². The minimum Gasteiger partial charge on any atom is -0.495 e. The standard InChI is InChI=1S/C14H16ClNO2S/c1-16-13(11-5-4-8-19-11)9-6-7-10(17-2)12(15)14(9)18-3/h4-8,13,16H,1-3H3. The Hall–Kier alpha value is -1.23. The van der Waals surface area contributed by atoms with Gasteiger partial charge < -0.3 is 14.8 Å². The van der Waals surface area contributed by atoms with Gasteiger partial charge in [-0.1, -0.05) is 17.7 Å². The molecule has 1 heterocycles. The molecule has 0 radical (unpaired) electrons. The lowest BCUT2D eigenvalue weighted by Gasteiger charge is -2.20. The van der Waals surface area contributed by atoms with Gasteiger partial charge in [0, 0.05) is 10.4 Å². The van der Waals surface area contributed by atoms with Crippen LogP contribution in [0.1, 0.15) is 16.5 Å². The molecule has 0 aliphatic carbocycles. The largest absolute Gasteiger partial charge is 0.495 e. The summed E-state index contributed by atoms with van der Waals surface area (Å²) in [6.45, 7) is 0. The molecule has 0 amide bonds. The van der Waals surface area contributed by atoms with Crippen molar-refractivity contribution in [3.63, 3.8) is 0 Å². The molecule has 0 saturated heterocycles. The first kappa shape index (κ1) is 14.2. The topological polar surface area (TPSA) is 30.5 Å². The highest BCUT2D eigenvalue weighted by molar-refractivity contribution is 7.10. The number of hydrogen-bond donors (Lipinski definition) is 1. The number of benzene rings is 1. The fraction of sp³-hybridized carbons (Fsp3) is 0.286. The Morgan fingerprint density at radius 1 is 1.21 bits per heavy atom. The Bertz CT molecular complexity index is 543. The number of ether oxygens (including phenoxy) is 2. The summed E-state index contributed by atoms with van der Waals surface area (Å²) in [5.74, 6) is 1.26. The smallest absolute Gasteiger partial charge is 0.146 e. The van der Waals surface area contributed by atoms with Crippen LogP contribution in [0, 0.1) is 0 Å². The quantitative estimate of drug-likeness (QED) is 0.912. The Kier molecular flexibility index (Phi) is 4.69. The first-order valence-corrected chi connectivity index (χ1v) is 7.09. The zero-order valence-corrected chi connectivity index (χ0v) is 12.6. The molecule has 102 valence electrons. The molecule has 19 heavy (non-hydrogen) atoms. The van der Waals surface area contributed by atoms with Gasteiger partial charge in [-0.15, -0.1) is 11.3 Å². The summed E-state index contributed by atoms with van der Waals surface area (Å²) in [6, 6.07) is 8.01. The van der Waals surface area contributed by atoms with Crippen LogP contribution in [0.3, 0.4) is 0 Å². The minimum atomic E-state index is 0.0540. The molecule has 1 N–H and O–H groups in total. The van der Waals surface area contributed by atoms with Crippen molar-refractivity contribution in [2.24, 2.45) is 0 Å². The van der Waals surface area contributed by atoms with Crippen LogP contribution in [0.2, 0.25) is 5.02 Å². The van der Waals surface area contributed by atoms with Gasteiger partial charge in [0.1, 0.15) is 16.5 Å². The van der Waals surface area contributed by atoms with E-state index in [1.807, 2.05) is 25.2 Å². The molecule has 0 aliphatic heterocycles. The summed E-state index contributed by atoms with van der Waals surface area (Å²) in [5.41, 5.74) is 0.998. The third kappa shape index (κ3) is 2.71. The van der Waals surface area contributed by atoms with Crippen molar-refractivity contribution in [3.8, 4) is 11.5 Å². The lowest BCUT2D eigenvalue weighted by molar-refractivity contribution is 0.389. The van der Waals surface area contributed by atoms with E-state index in [0.717, 1.165) is 5.56 Å². The Morgan fingerprint density at radius 3 is 2.53 bits per heavy atom. The van der Waals surface area contributed by atoms with Crippen LogP contribution in [0.5, 0.6) is 11.5 Å². The van der Waals surface area contributed by atoms with Crippen LogP contribution in [-0.2, 0) is 0 Å².